The summed E-state index contributed by atoms with van der Waals surface area (Å²) in [7, 11) is 0. The molecule has 0 aromatic heterocycles. The number of aliphatic hydroxyl groups is 2. The molecule has 0 saturated heterocycles. The predicted molar refractivity (Wildman–Crippen MR) is 118 cm³/mol. The molecule has 1 aliphatic rings. The maximum Gasteiger partial charge on any atom is 0.189 e. The summed E-state index contributed by atoms with van der Waals surface area (Å²) in [5.41, 5.74) is 1.41. The van der Waals surface area contributed by atoms with Crippen LogP contribution in [0.25, 0.3) is 6.08 Å². The highest BCUT2D eigenvalue weighted by Gasteiger charge is 2.42. The summed E-state index contributed by atoms with van der Waals surface area (Å²) in [4.78, 5) is 12.7. The van der Waals surface area contributed by atoms with E-state index in [9.17, 15) is 25.2 Å². The van der Waals surface area contributed by atoms with Crippen LogP contribution < -0.4 is 4.74 Å². The Hall–Kier alpha value is -3.09. The first-order valence-electron chi connectivity index (χ1n) is 10.1. The molecule has 2 aromatic rings. The van der Waals surface area contributed by atoms with E-state index in [1.54, 1.807) is 38.1 Å². The van der Waals surface area contributed by atoms with Crippen LogP contribution in [0.2, 0.25) is 0 Å². The van der Waals surface area contributed by atoms with Gasteiger partial charge in [-0.2, -0.15) is 0 Å². The van der Waals surface area contributed by atoms with Gasteiger partial charge in [0.05, 0.1) is 11.2 Å². The summed E-state index contributed by atoms with van der Waals surface area (Å²) in [6, 6.07) is 7.90. The summed E-state index contributed by atoms with van der Waals surface area (Å²) < 4.78 is 5.66. The van der Waals surface area contributed by atoms with E-state index in [1.165, 1.54) is 18.2 Å². The number of fused-ring (bicyclic) bond motifs is 1. The highest BCUT2D eigenvalue weighted by atomic mass is 16.5. The molecule has 0 radical (unpaired) electrons. The molecule has 0 unspecified atom stereocenters. The van der Waals surface area contributed by atoms with Crippen LogP contribution in [0.4, 0.5) is 0 Å². The second-order valence-electron chi connectivity index (χ2n) is 8.58. The molecule has 4 N–H and O–H groups in total. The zero-order valence-corrected chi connectivity index (χ0v) is 18.1. The molecule has 0 fully saturated rings. The van der Waals surface area contributed by atoms with Crippen molar-refractivity contribution < 1.29 is 30.0 Å². The van der Waals surface area contributed by atoms with Crippen molar-refractivity contribution in [1.82, 2.24) is 0 Å². The fourth-order valence-electron chi connectivity index (χ4n) is 3.50. The summed E-state index contributed by atoms with van der Waals surface area (Å²) in [6.45, 7) is 6.97. The van der Waals surface area contributed by atoms with Gasteiger partial charge in [-0.05, 0) is 70.0 Å². The van der Waals surface area contributed by atoms with E-state index in [-0.39, 0.29) is 17.1 Å². The van der Waals surface area contributed by atoms with Gasteiger partial charge >= 0.3 is 0 Å². The molecule has 2 atom stereocenters. The van der Waals surface area contributed by atoms with Crippen molar-refractivity contribution in [2.75, 3.05) is 0 Å². The second-order valence-corrected chi connectivity index (χ2v) is 8.58. The van der Waals surface area contributed by atoms with Gasteiger partial charge in [0.1, 0.15) is 23.4 Å². The Kier molecular flexibility index (Phi) is 6.25. The normalized spacial score (nSPS) is 18.0. The number of carbonyl (C=O) groups is 1. The van der Waals surface area contributed by atoms with Crippen LogP contribution >= 0.6 is 0 Å². The third-order valence-electron chi connectivity index (χ3n) is 5.25. The van der Waals surface area contributed by atoms with Gasteiger partial charge in [0, 0.05) is 11.1 Å². The van der Waals surface area contributed by atoms with Gasteiger partial charge in [-0.3, -0.25) is 4.79 Å². The minimum Gasteiger partial charge on any atom is -0.508 e. The molecule has 2 aromatic carbocycles. The first-order chi connectivity index (χ1) is 14.5. The Morgan fingerprint density at radius 3 is 2.52 bits per heavy atom. The monoisotopic (exact) mass is 424 g/mol. The van der Waals surface area contributed by atoms with Crippen molar-refractivity contribution in [3.63, 3.8) is 0 Å². The summed E-state index contributed by atoms with van der Waals surface area (Å²) >= 11 is 0. The van der Waals surface area contributed by atoms with E-state index in [4.69, 9.17) is 4.74 Å². The number of aromatic hydroxyl groups is 2. The average molecular weight is 424 g/mol. The summed E-state index contributed by atoms with van der Waals surface area (Å²) in [5, 5.41) is 41.2. The Bertz CT molecular complexity index is 1050. The van der Waals surface area contributed by atoms with Crippen LogP contribution in [0.15, 0.2) is 48.1 Å². The zero-order valence-electron chi connectivity index (χ0n) is 18.1. The minimum atomic E-state index is -1.22. The van der Waals surface area contributed by atoms with E-state index in [0.717, 1.165) is 5.57 Å². The number of ether oxygens (including phenoxy) is 1. The molecule has 0 bridgehead atoms. The Balaban J connectivity index is 1.83. The largest absolute Gasteiger partial charge is 0.508 e. The number of hydrogen-bond donors (Lipinski definition) is 4. The van der Waals surface area contributed by atoms with Gasteiger partial charge in [0.2, 0.25) is 0 Å². The Morgan fingerprint density at radius 1 is 1.16 bits per heavy atom. The van der Waals surface area contributed by atoms with Crippen molar-refractivity contribution in [3.05, 3.63) is 70.3 Å². The van der Waals surface area contributed by atoms with Crippen LogP contribution in [-0.2, 0) is 6.42 Å². The lowest BCUT2D eigenvalue weighted by Gasteiger charge is -2.27. The third kappa shape index (κ3) is 4.81. The van der Waals surface area contributed by atoms with E-state index in [1.807, 2.05) is 19.9 Å². The second kappa shape index (κ2) is 8.57. The predicted octanol–water partition coefficient (Wildman–Crippen LogP) is 4.07. The number of aliphatic hydroxyl groups excluding tert-OH is 1. The molecule has 31 heavy (non-hydrogen) atoms. The Morgan fingerprint density at radius 2 is 1.87 bits per heavy atom. The van der Waals surface area contributed by atoms with E-state index >= 15 is 0 Å². The van der Waals surface area contributed by atoms with Crippen LogP contribution in [-0.4, -0.2) is 37.9 Å². The van der Waals surface area contributed by atoms with Crippen molar-refractivity contribution in [2.24, 2.45) is 0 Å². The van der Waals surface area contributed by atoms with Crippen LogP contribution in [0.3, 0.4) is 0 Å². The van der Waals surface area contributed by atoms with Crippen molar-refractivity contribution >= 4 is 11.9 Å². The number of allylic oxidation sites excluding steroid dienone is 3. The van der Waals surface area contributed by atoms with Crippen molar-refractivity contribution in [2.45, 2.75) is 51.9 Å². The zero-order chi connectivity index (χ0) is 22.9. The SMILES string of the molecule is CC(C)=CCc1c(O)ccc(C(=O)/C=C/c2ccc3c(c2)[C@@H](O)[C@H](C(C)(C)O)O3)c1O. The Labute approximate surface area is 181 Å². The van der Waals surface area contributed by atoms with Gasteiger partial charge in [-0.25, -0.2) is 0 Å². The van der Waals surface area contributed by atoms with Crippen molar-refractivity contribution in [3.8, 4) is 17.2 Å². The van der Waals surface area contributed by atoms with Crippen molar-refractivity contribution in [1.29, 1.82) is 0 Å². The highest BCUT2D eigenvalue weighted by Crippen LogP contribution is 2.41. The first kappa shape index (κ1) is 22.6. The summed E-state index contributed by atoms with van der Waals surface area (Å²) in [5.74, 6) is -0.228. The third-order valence-corrected chi connectivity index (χ3v) is 5.25. The molecule has 0 aliphatic carbocycles. The lowest BCUT2D eigenvalue weighted by atomic mass is 9.94. The first-order valence-corrected chi connectivity index (χ1v) is 10.1. The molecule has 164 valence electrons. The fraction of sp³-hybridized carbons (Fsp3) is 0.320. The minimum absolute atomic E-state index is 0.0653. The molecular weight excluding hydrogens is 396 g/mol. The topological polar surface area (TPSA) is 107 Å². The maximum atomic E-state index is 12.7. The number of rotatable bonds is 6. The molecule has 6 nitrogen and oxygen atoms in total. The van der Waals surface area contributed by atoms with E-state index < -0.39 is 23.6 Å². The molecular formula is C25H28O6. The molecule has 0 spiro atoms. The van der Waals surface area contributed by atoms with Crippen LogP contribution in [0.5, 0.6) is 17.2 Å². The number of ketones is 1. The number of carbonyl (C=O) groups excluding carboxylic acids is 1. The summed E-state index contributed by atoms with van der Waals surface area (Å²) in [6.07, 6.45) is 3.31. The smallest absolute Gasteiger partial charge is 0.189 e. The van der Waals surface area contributed by atoms with Gasteiger partial charge in [0.25, 0.3) is 0 Å². The number of benzene rings is 2. The number of phenolic OH excluding ortho intramolecular Hbond substituents is 2. The molecule has 1 aliphatic heterocycles. The maximum absolute atomic E-state index is 12.7. The molecule has 0 saturated carbocycles. The van der Waals surface area contributed by atoms with Crippen LogP contribution in [0.1, 0.15) is 60.8 Å². The lowest BCUT2D eigenvalue weighted by molar-refractivity contribution is -0.0762. The van der Waals surface area contributed by atoms with Gasteiger partial charge in [0.15, 0.2) is 11.9 Å². The standard InChI is InChI=1S/C25H28O6/c1-14(2)5-8-16-20(27)11-9-17(22(16)28)19(26)10-6-15-7-12-21-18(13-15)23(29)24(31-21)25(3,4)30/h5-7,9-13,23-24,27-30H,8H2,1-4H3/b10-6+/t23-,24-/m1/s1. The number of phenols is 2. The van der Waals surface area contributed by atoms with E-state index in [2.05, 4.69) is 0 Å². The molecule has 3 rings (SSSR count). The molecule has 1 heterocycles. The lowest BCUT2D eigenvalue weighted by Crippen LogP contribution is -2.41. The number of hydrogen-bond acceptors (Lipinski definition) is 6. The highest BCUT2D eigenvalue weighted by molar-refractivity contribution is 6.09. The van der Waals surface area contributed by atoms with Gasteiger partial charge < -0.3 is 25.2 Å². The fourth-order valence-corrected chi connectivity index (χ4v) is 3.50. The van der Waals surface area contributed by atoms with Gasteiger partial charge in [-0.15, -0.1) is 0 Å². The average Bonchev–Trinajstić information content (AvgIpc) is 3.02. The van der Waals surface area contributed by atoms with Crippen LogP contribution in [0, 0.1) is 0 Å². The van der Waals surface area contributed by atoms with E-state index in [0.29, 0.717) is 28.9 Å². The molecule has 6 heteroatoms. The van der Waals surface area contributed by atoms with Gasteiger partial charge in [-0.1, -0.05) is 23.8 Å². The quantitative estimate of drug-likeness (QED) is 0.316. The molecule has 0 amide bonds.